The van der Waals surface area contributed by atoms with Gasteiger partial charge in [0.15, 0.2) is 0 Å². The van der Waals surface area contributed by atoms with Crippen molar-refractivity contribution in [1.82, 2.24) is 15.5 Å². The maximum Gasteiger partial charge on any atom is 0.317 e. The largest absolute Gasteiger partial charge is 0.489 e. The Labute approximate surface area is 174 Å². The van der Waals surface area contributed by atoms with Gasteiger partial charge in [-0.25, -0.2) is 0 Å². The number of carboxylic acids is 1. The number of ether oxygens (including phenoxy) is 1. The molecule has 8 heteroatoms. The number of aliphatic carboxylic acids is 1. The second kappa shape index (κ2) is 8.16. The molecule has 0 bridgehead atoms. The minimum atomic E-state index is -0.869. The van der Waals surface area contributed by atoms with Crippen molar-refractivity contribution in [3.05, 3.63) is 47.5 Å². The fourth-order valence-corrected chi connectivity index (χ4v) is 3.78. The third kappa shape index (κ3) is 3.99. The lowest BCUT2D eigenvalue weighted by atomic mass is 10.0. The topological polar surface area (TPSA) is 124 Å². The normalized spacial score (nSPS) is 15.4. The van der Waals surface area contributed by atoms with Crippen LogP contribution in [-0.2, 0) is 11.2 Å². The molecule has 1 atom stereocenters. The van der Waals surface area contributed by atoms with E-state index in [1.165, 1.54) is 0 Å². The van der Waals surface area contributed by atoms with Crippen LogP contribution in [0.3, 0.4) is 0 Å². The van der Waals surface area contributed by atoms with E-state index in [9.17, 15) is 4.79 Å². The molecule has 30 heavy (non-hydrogen) atoms. The number of aromatic nitrogens is 2. The molecule has 0 saturated carbocycles. The maximum absolute atomic E-state index is 10.9. The molecule has 8 nitrogen and oxygen atoms in total. The minimum absolute atomic E-state index is 0.00993. The number of carbonyl (C=O) groups is 1. The van der Waals surface area contributed by atoms with Crippen molar-refractivity contribution in [1.29, 1.82) is 0 Å². The fraction of sp³-hybridized carbons (Fsp3) is 0.318. The Morgan fingerprint density at radius 3 is 2.93 bits per heavy atom. The van der Waals surface area contributed by atoms with Gasteiger partial charge in [-0.3, -0.25) is 4.79 Å². The van der Waals surface area contributed by atoms with Crippen LogP contribution in [0.15, 0.2) is 40.9 Å². The summed E-state index contributed by atoms with van der Waals surface area (Å²) in [6, 6.07) is 11.3. The van der Waals surface area contributed by atoms with E-state index in [0.717, 1.165) is 35.1 Å². The molecule has 156 valence electrons. The van der Waals surface area contributed by atoms with E-state index in [1.807, 2.05) is 38.1 Å². The summed E-state index contributed by atoms with van der Waals surface area (Å²) in [4.78, 5) is 15.5. The third-order valence-corrected chi connectivity index (χ3v) is 5.06. The Morgan fingerprint density at radius 1 is 1.37 bits per heavy atom. The quantitative estimate of drug-likeness (QED) is 0.508. The summed E-state index contributed by atoms with van der Waals surface area (Å²) in [6.45, 7) is 3.81. The first-order valence-electron chi connectivity index (χ1n) is 9.90. The van der Waals surface area contributed by atoms with E-state index < -0.39 is 5.97 Å². The highest BCUT2D eigenvalue weighted by Gasteiger charge is 2.26. The monoisotopic (exact) mass is 408 g/mol. The van der Waals surface area contributed by atoms with E-state index in [4.69, 9.17) is 20.1 Å². The number of carboxylic acid groups (broad SMARTS) is 1. The van der Waals surface area contributed by atoms with Gasteiger partial charge >= 0.3 is 5.97 Å². The first-order valence-corrected chi connectivity index (χ1v) is 9.90. The molecule has 0 saturated heterocycles. The van der Waals surface area contributed by atoms with Gasteiger partial charge < -0.3 is 25.4 Å². The number of nitrogen functional groups attached to an aromatic ring is 1. The van der Waals surface area contributed by atoms with Gasteiger partial charge in [0.25, 0.3) is 5.89 Å². The second-order valence-corrected chi connectivity index (χ2v) is 7.58. The lowest BCUT2D eigenvalue weighted by molar-refractivity contribution is -0.136. The van der Waals surface area contributed by atoms with Crippen LogP contribution in [0, 0.1) is 0 Å². The van der Waals surface area contributed by atoms with Gasteiger partial charge in [-0.2, -0.15) is 4.98 Å². The van der Waals surface area contributed by atoms with E-state index in [0.29, 0.717) is 23.2 Å². The predicted molar refractivity (Wildman–Crippen MR) is 112 cm³/mol. The zero-order valence-electron chi connectivity index (χ0n) is 16.9. The summed E-state index contributed by atoms with van der Waals surface area (Å²) in [7, 11) is 0. The van der Waals surface area contributed by atoms with Crippen molar-refractivity contribution >= 4 is 11.7 Å². The number of nitrogens with two attached hydrogens (primary N) is 1. The molecule has 1 aliphatic carbocycles. The Balaban J connectivity index is 1.60. The van der Waals surface area contributed by atoms with Crippen molar-refractivity contribution in [2.75, 3.05) is 12.3 Å². The molecule has 1 heterocycles. The first-order chi connectivity index (χ1) is 14.4. The summed E-state index contributed by atoms with van der Waals surface area (Å²) < 4.78 is 11.2. The van der Waals surface area contributed by atoms with Crippen LogP contribution in [0.2, 0.25) is 0 Å². The van der Waals surface area contributed by atoms with Crippen molar-refractivity contribution < 1.29 is 19.2 Å². The summed E-state index contributed by atoms with van der Waals surface area (Å²) in [6.07, 6.45) is 1.68. The van der Waals surface area contributed by atoms with Crippen LogP contribution in [0.25, 0.3) is 22.8 Å². The van der Waals surface area contributed by atoms with Crippen molar-refractivity contribution in [2.45, 2.75) is 38.8 Å². The average molecular weight is 408 g/mol. The standard InChI is InChI=1S/C22H24N4O4/c1-12(2)29-19-9-6-13(10-17(19)23)22-25-21(26-30-22)16-5-3-4-15-14(16)7-8-18(15)24-11-20(27)28/h3-6,9-10,12,18,24H,7-8,11,23H2,1-2H3,(H,27,28)/t18-/m0/s1. The molecule has 2 aromatic carbocycles. The highest BCUT2D eigenvalue weighted by Crippen LogP contribution is 2.37. The number of anilines is 1. The van der Waals surface area contributed by atoms with Crippen LogP contribution in [0.5, 0.6) is 5.75 Å². The summed E-state index contributed by atoms with van der Waals surface area (Å²) in [5, 5.41) is 16.2. The lowest BCUT2D eigenvalue weighted by Crippen LogP contribution is -2.25. The number of hydrogen-bond donors (Lipinski definition) is 3. The van der Waals surface area contributed by atoms with Gasteiger partial charge in [0.1, 0.15) is 5.75 Å². The SMILES string of the molecule is CC(C)Oc1ccc(-c2nc(-c3cccc4c3CC[C@@H]4NCC(=O)O)no2)cc1N. The smallest absolute Gasteiger partial charge is 0.317 e. The number of nitrogens with zero attached hydrogens (tertiary/aromatic N) is 2. The Hall–Kier alpha value is -3.39. The Bertz CT molecular complexity index is 1080. The van der Waals surface area contributed by atoms with Crippen molar-refractivity contribution in [3.63, 3.8) is 0 Å². The zero-order chi connectivity index (χ0) is 21.3. The number of rotatable bonds is 7. The molecule has 4 N–H and O–H groups in total. The zero-order valence-corrected chi connectivity index (χ0v) is 16.9. The summed E-state index contributed by atoms with van der Waals surface area (Å²) in [5.74, 6) is 0.631. The van der Waals surface area contributed by atoms with Crippen molar-refractivity contribution in [3.8, 4) is 28.6 Å². The fourth-order valence-electron chi connectivity index (χ4n) is 3.78. The van der Waals surface area contributed by atoms with Crippen LogP contribution < -0.4 is 15.8 Å². The molecular weight excluding hydrogens is 384 g/mol. The maximum atomic E-state index is 10.9. The molecule has 3 aromatic rings. The predicted octanol–water partition coefficient (Wildman–Crippen LogP) is 3.43. The molecule has 4 rings (SSSR count). The number of hydrogen-bond acceptors (Lipinski definition) is 7. The van der Waals surface area contributed by atoms with Gasteiger partial charge in [0.05, 0.1) is 18.3 Å². The van der Waals surface area contributed by atoms with Crippen LogP contribution in [-0.4, -0.2) is 33.9 Å². The molecule has 1 aromatic heterocycles. The molecule has 0 spiro atoms. The molecule has 0 unspecified atom stereocenters. The Kier molecular flexibility index (Phi) is 5.41. The van der Waals surface area contributed by atoms with Crippen LogP contribution >= 0.6 is 0 Å². The summed E-state index contributed by atoms with van der Waals surface area (Å²) in [5.41, 5.74) is 10.4. The molecule has 1 aliphatic rings. The third-order valence-electron chi connectivity index (χ3n) is 5.06. The highest BCUT2D eigenvalue weighted by molar-refractivity contribution is 5.70. The minimum Gasteiger partial charge on any atom is -0.489 e. The lowest BCUT2D eigenvalue weighted by Gasteiger charge is -2.12. The molecule has 0 fully saturated rings. The molecule has 0 aliphatic heterocycles. The average Bonchev–Trinajstić information content (AvgIpc) is 3.34. The first kappa shape index (κ1) is 19.9. The van der Waals surface area contributed by atoms with Gasteiger partial charge in [0.2, 0.25) is 5.82 Å². The van der Waals surface area contributed by atoms with Crippen LogP contribution in [0.1, 0.15) is 37.4 Å². The van der Waals surface area contributed by atoms with Gasteiger partial charge in [-0.1, -0.05) is 23.4 Å². The van der Waals surface area contributed by atoms with Gasteiger partial charge in [0, 0.05) is 17.2 Å². The number of nitrogens with one attached hydrogen (secondary N) is 1. The van der Waals surface area contributed by atoms with E-state index in [2.05, 4.69) is 15.5 Å². The van der Waals surface area contributed by atoms with Crippen LogP contribution in [0.4, 0.5) is 5.69 Å². The van der Waals surface area contributed by atoms with Gasteiger partial charge in [-0.15, -0.1) is 0 Å². The number of fused-ring (bicyclic) bond motifs is 1. The van der Waals surface area contributed by atoms with E-state index in [1.54, 1.807) is 12.1 Å². The number of benzene rings is 2. The molecule has 0 amide bonds. The molecule has 0 radical (unpaired) electrons. The van der Waals surface area contributed by atoms with E-state index >= 15 is 0 Å². The second-order valence-electron chi connectivity index (χ2n) is 7.58. The summed E-state index contributed by atoms with van der Waals surface area (Å²) >= 11 is 0. The molecular formula is C22H24N4O4. The van der Waals surface area contributed by atoms with E-state index in [-0.39, 0.29) is 18.7 Å². The van der Waals surface area contributed by atoms with Gasteiger partial charge in [-0.05, 0) is 56.0 Å². The highest BCUT2D eigenvalue weighted by atomic mass is 16.5. The van der Waals surface area contributed by atoms with Crippen molar-refractivity contribution in [2.24, 2.45) is 0 Å². The Morgan fingerprint density at radius 2 is 2.20 bits per heavy atom.